The van der Waals surface area contributed by atoms with Crippen molar-refractivity contribution < 1.29 is 24.0 Å². The quantitative estimate of drug-likeness (QED) is 0.0859. The number of imide groups is 2. The Morgan fingerprint density at radius 1 is 0.891 bits per heavy atom. The van der Waals surface area contributed by atoms with Gasteiger partial charge in [-0.15, -0.1) is 5.10 Å². The number of hydrazone groups is 1. The number of nitrogens with one attached hydrogen (secondary N) is 3. The number of guanidine groups is 1. The van der Waals surface area contributed by atoms with Gasteiger partial charge in [0, 0.05) is 100 Å². The number of rotatable bonds is 10. The molecular formula is C44H53N15O5. The Morgan fingerprint density at radius 2 is 1.59 bits per heavy atom. The fourth-order valence-corrected chi connectivity index (χ4v) is 9.48. The van der Waals surface area contributed by atoms with Gasteiger partial charge in [-0.05, 0) is 88.3 Å². The van der Waals surface area contributed by atoms with E-state index in [1.54, 1.807) is 24.1 Å². The van der Waals surface area contributed by atoms with Crippen LogP contribution in [0.1, 0.15) is 53.8 Å². The fraction of sp³-hybridized carbons (Fsp3) is 0.409. The van der Waals surface area contributed by atoms with Crippen molar-refractivity contribution in [3.63, 3.8) is 0 Å². The monoisotopic (exact) mass is 871 g/mol. The normalized spacial score (nSPS) is 22.0. The van der Waals surface area contributed by atoms with Gasteiger partial charge in [-0.3, -0.25) is 54.1 Å². The number of benzene rings is 2. The molecule has 3 saturated heterocycles. The van der Waals surface area contributed by atoms with E-state index in [0.717, 1.165) is 110 Å². The van der Waals surface area contributed by atoms with Gasteiger partial charge in [0.25, 0.3) is 17.7 Å². The van der Waals surface area contributed by atoms with Gasteiger partial charge in [-0.1, -0.05) is 0 Å². The second-order valence-electron chi connectivity index (χ2n) is 16.9. The van der Waals surface area contributed by atoms with Gasteiger partial charge < -0.3 is 25.9 Å². The highest BCUT2D eigenvalue weighted by Gasteiger charge is 2.45. The number of aromatic amines is 1. The summed E-state index contributed by atoms with van der Waals surface area (Å²) in [6.45, 7) is 12.6. The van der Waals surface area contributed by atoms with Gasteiger partial charge in [0.2, 0.25) is 17.8 Å². The zero-order valence-corrected chi connectivity index (χ0v) is 36.2. The molecule has 3 fully saturated rings. The molecule has 2 aromatic heterocycles. The molecule has 334 valence electrons. The summed E-state index contributed by atoms with van der Waals surface area (Å²) < 4.78 is 0. The van der Waals surface area contributed by atoms with E-state index in [1.165, 1.54) is 5.01 Å². The molecule has 1 unspecified atom stereocenters. The summed E-state index contributed by atoms with van der Waals surface area (Å²) in [6.07, 6.45) is 3.09. The Hall–Kier alpha value is -6.90. The van der Waals surface area contributed by atoms with Crippen LogP contribution in [0.25, 0.3) is 22.2 Å². The van der Waals surface area contributed by atoms with Crippen molar-refractivity contribution in [1.82, 2.24) is 45.1 Å². The molecule has 2 aromatic carbocycles. The maximum atomic E-state index is 13.6. The van der Waals surface area contributed by atoms with Crippen LogP contribution in [-0.4, -0.2) is 160 Å². The number of carbonyl (C=O) groups excluding carboxylic acids is 5. The molecule has 20 nitrogen and oxygen atoms in total. The van der Waals surface area contributed by atoms with Crippen LogP contribution in [-0.2, 0) is 14.4 Å². The minimum absolute atomic E-state index is 0.0891. The van der Waals surface area contributed by atoms with E-state index in [1.807, 2.05) is 50.4 Å². The molecule has 0 aliphatic carbocycles. The lowest BCUT2D eigenvalue weighted by Crippen LogP contribution is -2.57. The topological polar surface area (TPSA) is 238 Å². The zero-order valence-electron chi connectivity index (χ0n) is 36.2. The first-order valence-electron chi connectivity index (χ1n) is 21.7. The highest BCUT2D eigenvalue weighted by Crippen LogP contribution is 2.33. The first-order chi connectivity index (χ1) is 30.9. The maximum absolute atomic E-state index is 13.6. The van der Waals surface area contributed by atoms with Crippen LogP contribution in [0.5, 0.6) is 0 Å². The van der Waals surface area contributed by atoms with Crippen molar-refractivity contribution in [3.8, 4) is 11.3 Å². The molecule has 0 spiro atoms. The number of anilines is 3. The number of carbonyl (C=O) groups is 5. The number of hydrazine groups is 1. The van der Waals surface area contributed by atoms with E-state index in [0.29, 0.717) is 34.0 Å². The number of piperazine rings is 2. The largest absolute Gasteiger partial charge is 0.369 e. The smallest absolute Gasteiger partial charge is 0.262 e. The van der Waals surface area contributed by atoms with Crippen LogP contribution in [0.15, 0.2) is 71.1 Å². The third-order valence-electron chi connectivity index (χ3n) is 13.3. The average Bonchev–Trinajstić information content (AvgIpc) is 3.83. The summed E-state index contributed by atoms with van der Waals surface area (Å²) in [5.41, 5.74) is 5.86. The molecule has 7 N–H and O–H groups in total. The van der Waals surface area contributed by atoms with Crippen molar-refractivity contribution in [1.29, 1.82) is 0 Å². The van der Waals surface area contributed by atoms with Crippen molar-refractivity contribution >= 4 is 63.6 Å². The number of nitrogens with zero attached hydrogens (tertiary/aromatic N) is 10. The average molecular weight is 872 g/mol. The van der Waals surface area contributed by atoms with E-state index in [9.17, 15) is 24.0 Å². The number of hydrogen-bond acceptors (Lipinski definition) is 14. The number of fused-ring (bicyclic) bond motifs is 2. The molecule has 5 aliphatic rings. The van der Waals surface area contributed by atoms with E-state index >= 15 is 0 Å². The molecule has 64 heavy (non-hydrogen) atoms. The number of pyridine rings is 1. The summed E-state index contributed by atoms with van der Waals surface area (Å²) in [5, 5.41) is 19.1. The third kappa shape index (κ3) is 7.88. The Kier molecular flexibility index (Phi) is 11.5. The number of H-pyrrole nitrogens is 1. The molecule has 5 amide bonds. The molecule has 0 saturated carbocycles. The zero-order chi connectivity index (χ0) is 44.8. The lowest BCUT2D eigenvalue weighted by molar-refractivity contribution is -0.136. The standard InChI is InChI=1S/C44H53N15O5/c1-26-38(27(2)59(46)44(50-45)53(26)3)41(62)48-29-5-8-34-33(24-29)39(52-51-34)28-11-12-47-36(23-28)57-21-17-55(18-22-57)14-4-13-54-15-19-56(20-16-54)30-6-7-31-32(25-30)43(64)58(42(31)63)35-9-10-37(60)49-40(35)61/h5-8,11-12,23-25,27,35H,4,9-10,13-22,45-46H2,1-3H3,(H,48,62)(H,51,52)(H,49,60,61)/b50-44-/t27-,35?/m1/s1. The minimum Gasteiger partial charge on any atom is -0.369 e. The number of allylic oxidation sites excluding steroid dienone is 1. The Bertz CT molecular complexity index is 2590. The number of aromatic nitrogens is 3. The highest BCUT2D eigenvalue weighted by molar-refractivity contribution is 6.23. The molecule has 7 heterocycles. The van der Waals surface area contributed by atoms with Crippen LogP contribution in [0.4, 0.5) is 17.2 Å². The first kappa shape index (κ1) is 42.4. The van der Waals surface area contributed by atoms with Crippen LogP contribution in [0.2, 0.25) is 0 Å². The van der Waals surface area contributed by atoms with Gasteiger partial charge >= 0.3 is 0 Å². The summed E-state index contributed by atoms with van der Waals surface area (Å²) in [6, 6.07) is 13.6. The molecule has 9 rings (SSSR count). The van der Waals surface area contributed by atoms with Crippen molar-refractivity contribution in [2.75, 3.05) is 87.6 Å². The number of amides is 5. The van der Waals surface area contributed by atoms with Gasteiger partial charge in [-0.25, -0.2) is 10.8 Å². The summed E-state index contributed by atoms with van der Waals surface area (Å²) in [5.74, 6) is 10.8. The molecule has 2 atom stereocenters. The van der Waals surface area contributed by atoms with Gasteiger partial charge in [-0.2, -0.15) is 5.10 Å². The van der Waals surface area contributed by atoms with Crippen LogP contribution >= 0.6 is 0 Å². The van der Waals surface area contributed by atoms with Crippen LogP contribution < -0.4 is 32.1 Å². The second kappa shape index (κ2) is 17.3. The van der Waals surface area contributed by atoms with Gasteiger partial charge in [0.15, 0.2) is 0 Å². The number of hydrogen-bond donors (Lipinski definition) is 5. The molecule has 5 aliphatic heterocycles. The number of nitrogens with two attached hydrogens (primary N) is 2. The molecular weight excluding hydrogens is 819 g/mol. The molecule has 4 aromatic rings. The Labute approximate surface area is 369 Å². The summed E-state index contributed by atoms with van der Waals surface area (Å²) in [4.78, 5) is 81.1. The van der Waals surface area contributed by atoms with E-state index in [2.05, 4.69) is 51.6 Å². The van der Waals surface area contributed by atoms with Crippen molar-refractivity contribution in [2.45, 2.75) is 45.2 Å². The lowest BCUT2D eigenvalue weighted by Gasteiger charge is -2.39. The molecule has 0 radical (unpaired) electrons. The van der Waals surface area contributed by atoms with Gasteiger partial charge in [0.05, 0.1) is 28.3 Å². The first-order valence-corrected chi connectivity index (χ1v) is 21.7. The summed E-state index contributed by atoms with van der Waals surface area (Å²) >= 11 is 0. The highest BCUT2D eigenvalue weighted by atomic mass is 16.2. The molecule has 20 heteroatoms. The predicted molar refractivity (Wildman–Crippen MR) is 241 cm³/mol. The predicted octanol–water partition coefficient (Wildman–Crippen LogP) is 1.31. The third-order valence-corrected chi connectivity index (χ3v) is 13.3. The van der Waals surface area contributed by atoms with Crippen LogP contribution in [0.3, 0.4) is 0 Å². The van der Waals surface area contributed by atoms with E-state index in [4.69, 9.17) is 16.7 Å². The second-order valence-corrected chi connectivity index (χ2v) is 16.9. The van der Waals surface area contributed by atoms with Gasteiger partial charge in [0.1, 0.15) is 17.6 Å². The van der Waals surface area contributed by atoms with E-state index in [-0.39, 0.29) is 18.7 Å². The molecule has 0 bridgehead atoms. The van der Waals surface area contributed by atoms with Crippen LogP contribution in [0, 0.1) is 0 Å². The van der Waals surface area contributed by atoms with Crippen molar-refractivity contribution in [2.24, 2.45) is 16.8 Å². The Balaban J connectivity index is 0.749. The number of piperidine rings is 1. The summed E-state index contributed by atoms with van der Waals surface area (Å²) in [7, 11) is 1.76. The van der Waals surface area contributed by atoms with E-state index < -0.39 is 35.7 Å². The fourth-order valence-electron chi connectivity index (χ4n) is 9.48. The SMILES string of the molecule is CC1=C(C(=O)Nc2ccc3[nH]nc(-c4ccnc(N5CCN(CCCN6CCN(c7ccc8c(c7)C(=O)N(C7CCC(=O)NC7=O)C8=O)CC6)CC5)c4)c3c2)[C@@H](C)N(N)/C(=N\N)N1C. The maximum Gasteiger partial charge on any atom is 0.262 e. The van der Waals surface area contributed by atoms with Crippen molar-refractivity contribution in [3.05, 3.63) is 77.1 Å². The lowest BCUT2D eigenvalue weighted by atomic mass is 10.0. The Morgan fingerprint density at radius 3 is 2.30 bits per heavy atom. The minimum atomic E-state index is -0.976.